The smallest absolute Gasteiger partial charge is 0.327 e. The van der Waals surface area contributed by atoms with E-state index in [1.165, 1.54) is 19.3 Å². The minimum absolute atomic E-state index is 0.741. The summed E-state index contributed by atoms with van der Waals surface area (Å²) in [6.07, 6.45) is 5.63. The van der Waals surface area contributed by atoms with Crippen LogP contribution in [-0.2, 0) is 8.78 Å². The molecule has 1 atom stereocenters. The normalized spacial score (nSPS) is 16.3. The second-order valence-corrected chi connectivity index (χ2v) is 10.1. The lowest BCUT2D eigenvalue weighted by Gasteiger charge is -2.21. The molecule has 1 N–H and O–H groups in total. The van der Waals surface area contributed by atoms with Crippen LogP contribution in [0.25, 0.3) is 0 Å². The molecule has 1 unspecified atom stereocenters. The third-order valence-corrected chi connectivity index (χ3v) is 6.68. The van der Waals surface area contributed by atoms with Crippen molar-refractivity contribution in [2.45, 2.75) is 58.2 Å². The van der Waals surface area contributed by atoms with Gasteiger partial charge in [-0.3, -0.25) is 4.89 Å². The van der Waals surface area contributed by atoms with Crippen LogP contribution >= 0.6 is 7.91 Å². The maximum absolute atomic E-state index is 12.4. The van der Waals surface area contributed by atoms with Crippen molar-refractivity contribution in [2.24, 2.45) is 0 Å². The van der Waals surface area contributed by atoms with Crippen LogP contribution < -0.4 is 0 Å². The monoisotopic (exact) mass is 256 g/mol. The molecule has 0 saturated carbocycles. The fourth-order valence-corrected chi connectivity index (χ4v) is 5.41. The molecule has 0 saturated heterocycles. The van der Waals surface area contributed by atoms with Gasteiger partial charge in [0, 0.05) is 0 Å². The van der Waals surface area contributed by atoms with Crippen molar-refractivity contribution < 1.29 is 17.9 Å². The van der Waals surface area contributed by atoms with E-state index >= 15 is 0 Å². The SMILES string of the molecule is CCCCCCC[Si](C)(C)OP(=O)(O)F. The number of halogens is 1. The van der Waals surface area contributed by atoms with Crippen LogP contribution in [0.1, 0.15) is 39.0 Å². The Labute approximate surface area is 92.8 Å². The van der Waals surface area contributed by atoms with Gasteiger partial charge >= 0.3 is 7.91 Å². The van der Waals surface area contributed by atoms with Gasteiger partial charge in [0.05, 0.1) is 0 Å². The first kappa shape index (κ1) is 15.3. The standard InChI is InChI=1S/C9H22FO3PSi/c1-4-5-6-7-8-9-15(2,3)13-14(10,11)12/h4-9H2,1-3H3,(H,11,12). The van der Waals surface area contributed by atoms with E-state index in [1.54, 1.807) is 13.1 Å². The number of hydrogen-bond donors (Lipinski definition) is 1. The Hall–Kier alpha value is 0.297. The van der Waals surface area contributed by atoms with Crippen molar-refractivity contribution in [3.63, 3.8) is 0 Å². The minimum Gasteiger partial charge on any atom is -0.327 e. The third kappa shape index (κ3) is 10.6. The summed E-state index contributed by atoms with van der Waals surface area (Å²) in [4.78, 5) is 8.50. The molecule has 0 spiro atoms. The van der Waals surface area contributed by atoms with Crippen molar-refractivity contribution in [1.82, 2.24) is 0 Å². The summed E-state index contributed by atoms with van der Waals surface area (Å²) in [5.41, 5.74) is 0. The Balaban J connectivity index is 3.70. The fraction of sp³-hybridized carbons (Fsp3) is 1.00. The molecule has 0 radical (unpaired) electrons. The van der Waals surface area contributed by atoms with Crippen molar-refractivity contribution in [3.05, 3.63) is 0 Å². The minimum atomic E-state index is -4.79. The Kier molecular flexibility index (Phi) is 6.92. The van der Waals surface area contributed by atoms with Gasteiger partial charge in [0.15, 0.2) is 0 Å². The lowest BCUT2D eigenvalue weighted by Crippen LogP contribution is -2.27. The molecular weight excluding hydrogens is 234 g/mol. The Morgan fingerprint density at radius 3 is 2.27 bits per heavy atom. The zero-order valence-electron chi connectivity index (χ0n) is 9.83. The van der Waals surface area contributed by atoms with E-state index in [9.17, 15) is 8.76 Å². The lowest BCUT2D eigenvalue weighted by molar-refractivity contribution is 0.326. The van der Waals surface area contributed by atoms with Gasteiger partial charge in [0.25, 0.3) is 0 Å². The van der Waals surface area contributed by atoms with Crippen molar-refractivity contribution in [1.29, 1.82) is 0 Å². The number of unbranched alkanes of at least 4 members (excludes halogenated alkanes) is 4. The van der Waals surface area contributed by atoms with Gasteiger partial charge in [-0.1, -0.05) is 39.0 Å². The topological polar surface area (TPSA) is 46.5 Å². The highest BCUT2D eigenvalue weighted by molar-refractivity contribution is 7.48. The predicted octanol–water partition coefficient (Wildman–Crippen LogP) is 4.25. The molecule has 0 aliphatic rings. The summed E-state index contributed by atoms with van der Waals surface area (Å²) in [6.45, 7) is 5.69. The van der Waals surface area contributed by atoms with Crippen molar-refractivity contribution in [3.8, 4) is 0 Å². The van der Waals surface area contributed by atoms with E-state index in [2.05, 4.69) is 11.1 Å². The molecule has 0 aliphatic carbocycles. The van der Waals surface area contributed by atoms with E-state index < -0.39 is 16.2 Å². The molecule has 0 rings (SSSR count). The van der Waals surface area contributed by atoms with Crippen molar-refractivity contribution >= 4 is 16.2 Å². The molecule has 6 heteroatoms. The molecule has 0 bridgehead atoms. The first-order valence-corrected chi connectivity index (χ1v) is 10.1. The molecule has 0 fully saturated rings. The largest absolute Gasteiger partial charge is 0.500 e. The van der Waals surface area contributed by atoms with Crippen molar-refractivity contribution in [2.75, 3.05) is 0 Å². The average molecular weight is 256 g/mol. The van der Waals surface area contributed by atoms with E-state index in [0.717, 1.165) is 18.9 Å². The van der Waals surface area contributed by atoms with Gasteiger partial charge in [0.2, 0.25) is 8.32 Å². The zero-order valence-corrected chi connectivity index (χ0v) is 11.7. The second kappa shape index (κ2) is 6.79. The van der Waals surface area contributed by atoms with Crippen LogP contribution in [0, 0.1) is 0 Å². The van der Waals surface area contributed by atoms with Gasteiger partial charge < -0.3 is 4.21 Å². The molecule has 0 amide bonds. The maximum atomic E-state index is 12.4. The Bertz CT molecular complexity index is 217. The van der Waals surface area contributed by atoms with Gasteiger partial charge in [-0.05, 0) is 19.1 Å². The Morgan fingerprint density at radius 2 is 1.80 bits per heavy atom. The molecule has 3 nitrogen and oxygen atoms in total. The van der Waals surface area contributed by atoms with Gasteiger partial charge in [-0.25, -0.2) is 4.57 Å². The first-order valence-electron chi connectivity index (χ1n) is 5.50. The molecule has 92 valence electrons. The van der Waals surface area contributed by atoms with Crippen LogP contribution in [0.5, 0.6) is 0 Å². The summed E-state index contributed by atoms with van der Waals surface area (Å²) in [6, 6.07) is 0.741. The summed E-state index contributed by atoms with van der Waals surface area (Å²) >= 11 is 0. The highest BCUT2D eigenvalue weighted by atomic mass is 31.2. The van der Waals surface area contributed by atoms with Gasteiger partial charge in [-0.2, -0.15) is 0 Å². The average Bonchev–Trinajstić information content (AvgIpc) is 1.99. The highest BCUT2D eigenvalue weighted by Gasteiger charge is 2.32. The highest BCUT2D eigenvalue weighted by Crippen LogP contribution is 2.47. The summed E-state index contributed by atoms with van der Waals surface area (Å²) in [7, 11) is -7.07. The molecule has 0 aromatic carbocycles. The fourth-order valence-electron chi connectivity index (χ4n) is 1.50. The molecule has 0 aromatic heterocycles. The lowest BCUT2D eigenvalue weighted by atomic mass is 10.2. The van der Waals surface area contributed by atoms with E-state index in [4.69, 9.17) is 4.89 Å². The second-order valence-electron chi connectivity index (χ2n) is 4.47. The summed E-state index contributed by atoms with van der Waals surface area (Å²) in [5.74, 6) is 0. The Morgan fingerprint density at radius 1 is 1.27 bits per heavy atom. The van der Waals surface area contributed by atoms with E-state index in [0.29, 0.717) is 0 Å². The van der Waals surface area contributed by atoms with Crippen LogP contribution in [0.15, 0.2) is 0 Å². The zero-order chi connectivity index (χ0) is 11.9. The van der Waals surface area contributed by atoms with Crippen LogP contribution in [0.3, 0.4) is 0 Å². The molecule has 15 heavy (non-hydrogen) atoms. The maximum Gasteiger partial charge on any atom is 0.500 e. The quantitative estimate of drug-likeness (QED) is 0.401. The first-order chi connectivity index (χ1) is 6.77. The third-order valence-electron chi connectivity index (χ3n) is 2.24. The number of hydrogen-bond acceptors (Lipinski definition) is 2. The van der Waals surface area contributed by atoms with Gasteiger partial charge in [-0.15, -0.1) is 4.20 Å². The van der Waals surface area contributed by atoms with Crippen LogP contribution in [0.2, 0.25) is 19.1 Å². The van der Waals surface area contributed by atoms with E-state index in [-0.39, 0.29) is 0 Å². The van der Waals surface area contributed by atoms with Crippen LogP contribution in [0.4, 0.5) is 4.20 Å². The predicted molar refractivity (Wildman–Crippen MR) is 63.1 cm³/mol. The molecule has 0 aliphatic heterocycles. The molecule has 0 heterocycles. The summed E-state index contributed by atoms with van der Waals surface area (Å²) < 4.78 is 27.5. The number of rotatable bonds is 8. The van der Waals surface area contributed by atoms with Gasteiger partial charge in [0.1, 0.15) is 0 Å². The van der Waals surface area contributed by atoms with Crippen LogP contribution in [-0.4, -0.2) is 13.2 Å². The summed E-state index contributed by atoms with van der Waals surface area (Å²) in [5, 5.41) is 0. The molecule has 0 aromatic rings. The van der Waals surface area contributed by atoms with E-state index in [1.807, 2.05) is 0 Å². The molecular formula is C9H22FO3PSi.